The number of benzene rings is 1. The molecular weight excluding hydrogens is 346 g/mol. The summed E-state index contributed by atoms with van der Waals surface area (Å²) in [6.45, 7) is 1.86. The normalized spacial score (nSPS) is 15.8. The smallest absolute Gasteiger partial charge is 0.256 e. The van der Waals surface area contributed by atoms with Gasteiger partial charge in [-0.15, -0.1) is 0 Å². The van der Waals surface area contributed by atoms with Crippen LogP contribution in [0, 0.1) is 0 Å². The van der Waals surface area contributed by atoms with Crippen LogP contribution in [0.3, 0.4) is 0 Å². The van der Waals surface area contributed by atoms with Crippen LogP contribution in [0.15, 0.2) is 42.7 Å². The standard InChI is InChI=1S/C20H25N3O4/c1-25-17-6-5-16(12-18(17)27-14-15-4-3-9-22-13-15)23-19(24)20(26-2)7-10-21-11-8-20/h3-6,9,12-13,21H,7-8,10-11,14H2,1-2H3,(H,23,24). The highest BCUT2D eigenvalue weighted by molar-refractivity contribution is 5.97. The number of ether oxygens (including phenoxy) is 3. The van der Waals surface area contributed by atoms with Crippen LogP contribution in [0.25, 0.3) is 0 Å². The molecule has 0 unspecified atom stereocenters. The van der Waals surface area contributed by atoms with E-state index in [-0.39, 0.29) is 5.91 Å². The minimum Gasteiger partial charge on any atom is -0.493 e. The zero-order chi connectivity index (χ0) is 19.1. The van der Waals surface area contributed by atoms with E-state index in [9.17, 15) is 4.79 Å². The van der Waals surface area contributed by atoms with Crippen LogP contribution in [0.1, 0.15) is 18.4 Å². The summed E-state index contributed by atoms with van der Waals surface area (Å²) in [5, 5.41) is 6.20. The van der Waals surface area contributed by atoms with E-state index in [4.69, 9.17) is 14.2 Å². The van der Waals surface area contributed by atoms with E-state index in [1.807, 2.05) is 12.1 Å². The number of hydrogen-bond donors (Lipinski definition) is 2. The van der Waals surface area contributed by atoms with Crippen molar-refractivity contribution < 1.29 is 19.0 Å². The third-order valence-corrected chi connectivity index (χ3v) is 4.75. The molecule has 1 aliphatic rings. The van der Waals surface area contributed by atoms with E-state index < -0.39 is 5.60 Å². The minimum absolute atomic E-state index is 0.144. The van der Waals surface area contributed by atoms with Crippen molar-refractivity contribution in [2.75, 3.05) is 32.6 Å². The molecule has 2 aromatic rings. The predicted octanol–water partition coefficient (Wildman–Crippen LogP) is 2.38. The summed E-state index contributed by atoms with van der Waals surface area (Å²) in [5.41, 5.74) is 0.779. The Morgan fingerprint density at radius 3 is 2.70 bits per heavy atom. The van der Waals surface area contributed by atoms with Crippen molar-refractivity contribution in [2.24, 2.45) is 0 Å². The van der Waals surface area contributed by atoms with Crippen LogP contribution in [-0.4, -0.2) is 43.8 Å². The molecule has 3 rings (SSSR count). The van der Waals surface area contributed by atoms with Crippen molar-refractivity contribution in [1.82, 2.24) is 10.3 Å². The Bertz CT molecular complexity index is 761. The van der Waals surface area contributed by atoms with E-state index in [1.54, 1.807) is 44.8 Å². The van der Waals surface area contributed by atoms with Gasteiger partial charge in [-0.1, -0.05) is 6.07 Å². The Hall–Kier alpha value is -2.64. The summed E-state index contributed by atoms with van der Waals surface area (Å²) in [5.74, 6) is 1.01. The Kier molecular flexibility index (Phi) is 6.26. The molecule has 0 spiro atoms. The molecule has 144 valence electrons. The van der Waals surface area contributed by atoms with Gasteiger partial charge in [0, 0.05) is 36.8 Å². The van der Waals surface area contributed by atoms with Crippen molar-refractivity contribution >= 4 is 11.6 Å². The van der Waals surface area contributed by atoms with Gasteiger partial charge in [0.25, 0.3) is 5.91 Å². The highest BCUT2D eigenvalue weighted by atomic mass is 16.5. The average Bonchev–Trinajstić information content (AvgIpc) is 2.73. The van der Waals surface area contributed by atoms with Crippen LogP contribution >= 0.6 is 0 Å². The number of methoxy groups -OCH3 is 2. The number of piperidine rings is 1. The molecule has 27 heavy (non-hydrogen) atoms. The van der Waals surface area contributed by atoms with Crippen LogP contribution in [0.5, 0.6) is 11.5 Å². The first-order valence-corrected chi connectivity index (χ1v) is 8.94. The number of nitrogens with one attached hydrogen (secondary N) is 2. The first-order chi connectivity index (χ1) is 13.2. The number of hydrogen-bond acceptors (Lipinski definition) is 6. The minimum atomic E-state index is -0.804. The lowest BCUT2D eigenvalue weighted by Crippen LogP contribution is -2.51. The molecule has 0 atom stereocenters. The lowest BCUT2D eigenvalue weighted by atomic mass is 9.91. The molecule has 1 amide bonds. The summed E-state index contributed by atoms with van der Waals surface area (Å²) in [4.78, 5) is 16.9. The van der Waals surface area contributed by atoms with Crippen molar-refractivity contribution in [3.8, 4) is 11.5 Å². The van der Waals surface area contributed by atoms with Crippen molar-refractivity contribution in [3.05, 3.63) is 48.3 Å². The van der Waals surface area contributed by atoms with Gasteiger partial charge >= 0.3 is 0 Å². The molecule has 1 aromatic heterocycles. The first kappa shape index (κ1) is 19.1. The number of rotatable bonds is 7. The Morgan fingerprint density at radius 1 is 1.22 bits per heavy atom. The molecular formula is C20H25N3O4. The van der Waals surface area contributed by atoms with E-state index in [0.717, 1.165) is 18.7 Å². The van der Waals surface area contributed by atoms with Gasteiger partial charge in [-0.25, -0.2) is 0 Å². The number of anilines is 1. The second-order valence-electron chi connectivity index (χ2n) is 6.42. The second-order valence-corrected chi connectivity index (χ2v) is 6.42. The molecule has 0 aliphatic carbocycles. The molecule has 7 heteroatoms. The lowest BCUT2D eigenvalue weighted by molar-refractivity contribution is -0.140. The molecule has 0 radical (unpaired) electrons. The van der Waals surface area contributed by atoms with Crippen LogP contribution in [-0.2, 0) is 16.1 Å². The summed E-state index contributed by atoms with van der Waals surface area (Å²) in [6.07, 6.45) is 4.73. The molecule has 1 saturated heterocycles. The molecule has 0 bridgehead atoms. The van der Waals surface area contributed by atoms with E-state index in [0.29, 0.717) is 36.6 Å². The largest absolute Gasteiger partial charge is 0.493 e. The highest BCUT2D eigenvalue weighted by Crippen LogP contribution is 2.32. The number of carbonyl (C=O) groups excluding carboxylic acids is 1. The molecule has 2 N–H and O–H groups in total. The third-order valence-electron chi connectivity index (χ3n) is 4.75. The lowest BCUT2D eigenvalue weighted by Gasteiger charge is -2.34. The van der Waals surface area contributed by atoms with Gasteiger partial charge in [0.2, 0.25) is 0 Å². The zero-order valence-electron chi connectivity index (χ0n) is 15.7. The van der Waals surface area contributed by atoms with Crippen molar-refractivity contribution in [3.63, 3.8) is 0 Å². The molecule has 1 aromatic carbocycles. The maximum Gasteiger partial charge on any atom is 0.256 e. The molecule has 2 heterocycles. The molecule has 7 nitrogen and oxygen atoms in total. The zero-order valence-corrected chi connectivity index (χ0v) is 15.7. The topological polar surface area (TPSA) is 81.7 Å². The maximum atomic E-state index is 12.8. The summed E-state index contributed by atoms with van der Waals surface area (Å²) in [6, 6.07) is 9.12. The average molecular weight is 371 g/mol. The van der Waals surface area contributed by atoms with Gasteiger partial charge in [0.05, 0.1) is 7.11 Å². The number of aromatic nitrogens is 1. The van der Waals surface area contributed by atoms with Gasteiger partial charge in [-0.2, -0.15) is 0 Å². The van der Waals surface area contributed by atoms with E-state index >= 15 is 0 Å². The van der Waals surface area contributed by atoms with Crippen molar-refractivity contribution in [2.45, 2.75) is 25.0 Å². The van der Waals surface area contributed by atoms with E-state index in [1.165, 1.54) is 0 Å². The molecule has 1 aliphatic heterocycles. The molecule has 1 fully saturated rings. The Labute approximate surface area is 159 Å². The first-order valence-electron chi connectivity index (χ1n) is 8.94. The monoisotopic (exact) mass is 371 g/mol. The van der Waals surface area contributed by atoms with Crippen molar-refractivity contribution in [1.29, 1.82) is 0 Å². The van der Waals surface area contributed by atoms with Crippen LogP contribution in [0.2, 0.25) is 0 Å². The van der Waals surface area contributed by atoms with Crippen LogP contribution in [0.4, 0.5) is 5.69 Å². The summed E-state index contributed by atoms with van der Waals surface area (Å²) < 4.78 is 16.8. The highest BCUT2D eigenvalue weighted by Gasteiger charge is 2.39. The van der Waals surface area contributed by atoms with Gasteiger partial charge < -0.3 is 24.8 Å². The quantitative estimate of drug-likeness (QED) is 0.778. The summed E-state index contributed by atoms with van der Waals surface area (Å²) in [7, 11) is 3.17. The second kappa shape index (κ2) is 8.83. The predicted molar refractivity (Wildman–Crippen MR) is 102 cm³/mol. The van der Waals surface area contributed by atoms with Gasteiger partial charge in [0.1, 0.15) is 12.2 Å². The van der Waals surface area contributed by atoms with Gasteiger partial charge in [-0.3, -0.25) is 9.78 Å². The van der Waals surface area contributed by atoms with Crippen LogP contribution < -0.4 is 20.1 Å². The molecule has 0 saturated carbocycles. The van der Waals surface area contributed by atoms with E-state index in [2.05, 4.69) is 15.6 Å². The van der Waals surface area contributed by atoms with Gasteiger partial charge in [-0.05, 0) is 44.1 Å². The Morgan fingerprint density at radius 2 is 2.04 bits per heavy atom. The number of amides is 1. The SMILES string of the molecule is COc1ccc(NC(=O)C2(OC)CCNCC2)cc1OCc1cccnc1. The fourth-order valence-corrected chi connectivity index (χ4v) is 3.11. The number of carbonyl (C=O) groups is 1. The fourth-order valence-electron chi connectivity index (χ4n) is 3.11. The number of pyridine rings is 1. The third kappa shape index (κ3) is 4.56. The van der Waals surface area contributed by atoms with Gasteiger partial charge in [0.15, 0.2) is 11.5 Å². The fraction of sp³-hybridized carbons (Fsp3) is 0.400. The maximum absolute atomic E-state index is 12.8. The summed E-state index contributed by atoms with van der Waals surface area (Å²) >= 11 is 0. The number of nitrogens with zero attached hydrogens (tertiary/aromatic N) is 1. The Balaban J connectivity index is 1.73.